The maximum absolute atomic E-state index is 12.9. The van der Waals surface area contributed by atoms with Crippen LogP contribution in [0.1, 0.15) is 74.9 Å². The Balaban J connectivity index is 2.40. The largest absolute Gasteiger partial charge is 0.421 e. The van der Waals surface area contributed by atoms with Crippen molar-refractivity contribution in [2.75, 3.05) is 0 Å². The molecule has 3 aromatic carbocycles. The normalized spacial score (nSPS) is 11.7. The predicted octanol–water partition coefficient (Wildman–Crippen LogP) is 5.02. The van der Waals surface area contributed by atoms with Crippen molar-refractivity contribution in [2.24, 2.45) is 0 Å². The van der Waals surface area contributed by atoms with Crippen LogP contribution < -0.4 is 15.6 Å². The smallest absolute Gasteiger partial charge is 0.285 e. The van der Waals surface area contributed by atoms with Crippen molar-refractivity contribution in [1.82, 2.24) is 0 Å². The Morgan fingerprint density at radius 1 is 0.406 bits per heavy atom. The van der Waals surface area contributed by atoms with E-state index in [0.717, 1.165) is 54.1 Å². The zero-order valence-corrected chi connectivity index (χ0v) is 21.9. The second-order valence-corrected chi connectivity index (χ2v) is 12.1. The molecule has 0 aliphatic heterocycles. The van der Waals surface area contributed by atoms with Gasteiger partial charge in [-0.15, -0.1) is 0 Å². The topological polar surface area (TPSA) is 20.2 Å². The predicted molar refractivity (Wildman–Crippen MR) is 142 cm³/mol. The van der Waals surface area contributed by atoms with E-state index in [0.29, 0.717) is 0 Å². The van der Waals surface area contributed by atoms with Crippen LogP contribution in [-0.2, 0) is 38.5 Å². The van der Waals surface area contributed by atoms with E-state index in [1.54, 1.807) is 0 Å². The van der Waals surface area contributed by atoms with Gasteiger partial charge >= 0.3 is 0 Å². The molecule has 0 aliphatic carbocycles. The molecule has 0 spiro atoms. The van der Waals surface area contributed by atoms with Gasteiger partial charge in [0, 0.05) is 0 Å². The lowest BCUT2D eigenvalue weighted by atomic mass is 10.1. The highest BCUT2D eigenvalue weighted by atomic mass is 28.4. The minimum Gasteiger partial charge on any atom is -0.421 e. The Bertz CT molecular complexity index is 865. The second-order valence-electron chi connectivity index (χ2n) is 8.95. The molecule has 0 amide bonds. The van der Waals surface area contributed by atoms with Crippen LogP contribution in [0.25, 0.3) is 0 Å². The van der Waals surface area contributed by atoms with Gasteiger partial charge in [0.25, 0.3) is 8.32 Å². The van der Waals surface area contributed by atoms with Crippen LogP contribution in [0.4, 0.5) is 0 Å². The average Bonchev–Trinajstić information content (AvgIpc) is 2.86. The van der Waals surface area contributed by atoms with E-state index >= 15 is 0 Å². The minimum atomic E-state index is -3.16. The molecule has 0 aliphatic rings. The van der Waals surface area contributed by atoms with Crippen LogP contribution >= 0.6 is 0 Å². The molecule has 170 valence electrons. The molecular formula is C30H40OSi. The molecule has 3 rings (SSSR count). The molecular weight excluding hydrogens is 404 g/mol. The summed E-state index contributed by atoms with van der Waals surface area (Å²) in [5, 5.41) is 3.37. The summed E-state index contributed by atoms with van der Waals surface area (Å²) in [5.74, 6) is 0. The molecule has 1 nitrogen and oxygen atoms in total. The van der Waals surface area contributed by atoms with Gasteiger partial charge in [-0.1, -0.05) is 96.1 Å². The van der Waals surface area contributed by atoms with Crippen LogP contribution in [0.15, 0.2) is 54.6 Å². The third kappa shape index (κ3) is 4.92. The van der Waals surface area contributed by atoms with E-state index in [2.05, 4.69) is 96.1 Å². The van der Waals surface area contributed by atoms with E-state index in [9.17, 15) is 4.80 Å². The first-order valence-corrected chi connectivity index (χ1v) is 14.5. The van der Waals surface area contributed by atoms with Gasteiger partial charge in [0.15, 0.2) is 0 Å². The molecule has 0 unspecified atom stereocenters. The van der Waals surface area contributed by atoms with Gasteiger partial charge in [0.05, 0.1) is 0 Å². The number of aryl methyl sites for hydroxylation is 6. The molecule has 0 heterocycles. The van der Waals surface area contributed by atoms with Gasteiger partial charge in [-0.2, -0.15) is 0 Å². The summed E-state index contributed by atoms with van der Waals surface area (Å²) in [5.41, 5.74) is 7.89. The van der Waals surface area contributed by atoms with E-state index in [1.807, 2.05) is 0 Å². The van der Waals surface area contributed by atoms with Crippen LogP contribution in [0.2, 0.25) is 0 Å². The molecule has 0 saturated heterocycles. The summed E-state index contributed by atoms with van der Waals surface area (Å²) in [7, 11) is -3.16. The summed E-state index contributed by atoms with van der Waals surface area (Å²) in [6.07, 6.45) is 5.89. The average molecular weight is 445 g/mol. The first-order valence-electron chi connectivity index (χ1n) is 12.5. The van der Waals surface area contributed by atoms with Crippen molar-refractivity contribution in [1.29, 1.82) is 0 Å². The summed E-state index contributed by atoms with van der Waals surface area (Å²) in [4.78, 5) is 12.9. The Hall–Kier alpha value is -2.16. The first kappa shape index (κ1) is 24.5. The maximum Gasteiger partial charge on any atom is 0.285 e. The highest BCUT2D eigenvalue weighted by Crippen LogP contribution is 2.16. The quantitative estimate of drug-likeness (QED) is 0.363. The van der Waals surface area contributed by atoms with Gasteiger partial charge in [0.1, 0.15) is 0 Å². The molecule has 32 heavy (non-hydrogen) atoms. The van der Waals surface area contributed by atoms with Gasteiger partial charge in [-0.3, -0.25) is 0 Å². The Morgan fingerprint density at radius 2 is 0.594 bits per heavy atom. The zero-order valence-electron chi connectivity index (χ0n) is 20.9. The fourth-order valence-corrected chi connectivity index (χ4v) is 8.00. The van der Waals surface area contributed by atoms with Gasteiger partial charge in [-0.05, 0) is 87.5 Å². The standard InChI is InChI=1S/C30H40OSi/c1-7-22-13-23(8-2)17-28(16-22)32(31,29-18-24(9-3)14-25(10-4)19-29)30-20-26(11-5)15-27(12-6)21-30/h13-21,31H,7-12H2,1-6H3. The maximum atomic E-state index is 12.9. The van der Waals surface area contributed by atoms with Crippen molar-refractivity contribution in [2.45, 2.75) is 80.1 Å². The van der Waals surface area contributed by atoms with Crippen molar-refractivity contribution in [3.63, 3.8) is 0 Å². The molecule has 2 heteroatoms. The molecule has 3 aromatic rings. The van der Waals surface area contributed by atoms with Gasteiger partial charge in [-0.25, -0.2) is 0 Å². The Labute approximate surface area is 196 Å². The summed E-state index contributed by atoms with van der Waals surface area (Å²) >= 11 is 0. The van der Waals surface area contributed by atoms with Crippen LogP contribution in [0.5, 0.6) is 0 Å². The number of hydrogen-bond donors (Lipinski definition) is 1. The summed E-state index contributed by atoms with van der Waals surface area (Å²) < 4.78 is 0. The monoisotopic (exact) mass is 444 g/mol. The lowest BCUT2D eigenvalue weighted by Crippen LogP contribution is -2.68. The fourth-order valence-electron chi connectivity index (χ4n) is 4.64. The zero-order chi connectivity index (χ0) is 23.3. The molecule has 0 radical (unpaired) electrons. The second kappa shape index (κ2) is 10.6. The minimum absolute atomic E-state index is 0.982. The molecule has 0 fully saturated rings. The van der Waals surface area contributed by atoms with Crippen molar-refractivity contribution >= 4 is 23.9 Å². The van der Waals surface area contributed by atoms with E-state index < -0.39 is 8.32 Å². The highest BCUT2D eigenvalue weighted by Gasteiger charge is 2.39. The molecule has 0 saturated carbocycles. The van der Waals surface area contributed by atoms with Crippen LogP contribution in [-0.4, -0.2) is 13.1 Å². The lowest BCUT2D eigenvalue weighted by molar-refractivity contribution is 0.582. The highest BCUT2D eigenvalue weighted by molar-refractivity contribution is 7.06. The van der Waals surface area contributed by atoms with Gasteiger partial charge in [0.2, 0.25) is 0 Å². The van der Waals surface area contributed by atoms with Crippen molar-refractivity contribution in [3.8, 4) is 0 Å². The van der Waals surface area contributed by atoms with Gasteiger partial charge < -0.3 is 4.80 Å². The SMILES string of the molecule is CCc1cc(CC)cc([Si](O)(c2cc(CC)cc(CC)c2)c2cc(CC)cc(CC)c2)c1. The molecule has 0 bridgehead atoms. The fraction of sp³-hybridized carbons (Fsp3) is 0.400. The van der Waals surface area contributed by atoms with E-state index in [4.69, 9.17) is 0 Å². The Kier molecular flexibility index (Phi) is 8.14. The molecule has 0 atom stereocenters. The lowest BCUT2D eigenvalue weighted by Gasteiger charge is -2.30. The molecule has 1 N–H and O–H groups in total. The first-order chi connectivity index (χ1) is 15.4. The summed E-state index contributed by atoms with van der Waals surface area (Å²) in [6.45, 7) is 13.2. The van der Waals surface area contributed by atoms with Crippen LogP contribution in [0, 0.1) is 0 Å². The summed E-state index contributed by atoms with van der Waals surface area (Å²) in [6, 6.07) is 20.6. The number of hydrogen-bond acceptors (Lipinski definition) is 1. The Morgan fingerprint density at radius 3 is 0.750 bits per heavy atom. The van der Waals surface area contributed by atoms with E-state index in [1.165, 1.54) is 33.4 Å². The third-order valence-electron chi connectivity index (χ3n) is 6.86. The third-order valence-corrected chi connectivity index (χ3v) is 10.2. The molecule has 0 aromatic heterocycles. The van der Waals surface area contributed by atoms with Crippen molar-refractivity contribution < 1.29 is 4.80 Å². The number of benzene rings is 3. The number of rotatable bonds is 9. The van der Waals surface area contributed by atoms with E-state index in [-0.39, 0.29) is 0 Å². The van der Waals surface area contributed by atoms with Crippen LogP contribution in [0.3, 0.4) is 0 Å². The van der Waals surface area contributed by atoms with Crippen molar-refractivity contribution in [3.05, 3.63) is 88.0 Å².